The molecule has 0 fully saturated rings. The molecule has 1 aliphatic heterocycles. The van der Waals surface area contributed by atoms with Crippen molar-refractivity contribution < 1.29 is 0 Å². The van der Waals surface area contributed by atoms with E-state index in [0.717, 1.165) is 6.54 Å². The van der Waals surface area contributed by atoms with E-state index in [-0.39, 0.29) is 5.54 Å². The molecule has 0 radical (unpaired) electrons. The van der Waals surface area contributed by atoms with Gasteiger partial charge in [0.2, 0.25) is 0 Å². The van der Waals surface area contributed by atoms with Crippen LogP contribution in [0.25, 0.3) is 0 Å². The van der Waals surface area contributed by atoms with Crippen LogP contribution in [0.15, 0.2) is 29.2 Å². The zero-order chi connectivity index (χ0) is 11.6. The minimum atomic E-state index is -0.139. The Morgan fingerprint density at radius 2 is 2.19 bits per heavy atom. The normalized spacial score (nSPS) is 20.6. The van der Waals surface area contributed by atoms with Gasteiger partial charge in [-0.3, -0.25) is 0 Å². The fraction of sp³-hybridized carbons (Fsp3) is 0.538. The van der Waals surface area contributed by atoms with Crippen molar-refractivity contribution in [2.45, 2.75) is 36.7 Å². The van der Waals surface area contributed by atoms with Crippen LogP contribution in [0, 0.1) is 0 Å². The number of hydrogen-bond donors (Lipinski definition) is 2. The van der Waals surface area contributed by atoms with E-state index in [1.54, 1.807) is 0 Å². The van der Waals surface area contributed by atoms with Crippen LogP contribution in [0.1, 0.15) is 31.9 Å². The average molecular weight is 236 g/mol. The third-order valence-corrected chi connectivity index (χ3v) is 3.89. The van der Waals surface area contributed by atoms with Gasteiger partial charge in [0.1, 0.15) is 0 Å². The highest BCUT2D eigenvalue weighted by atomic mass is 32.2. The molecule has 1 aliphatic rings. The summed E-state index contributed by atoms with van der Waals surface area (Å²) in [6.07, 6.45) is 1.19. The number of rotatable bonds is 3. The molecule has 1 unspecified atom stereocenters. The molecule has 88 valence electrons. The summed E-state index contributed by atoms with van der Waals surface area (Å²) >= 11 is 1.95. The summed E-state index contributed by atoms with van der Waals surface area (Å²) in [5, 5.41) is 3.58. The van der Waals surface area contributed by atoms with Crippen molar-refractivity contribution in [3.05, 3.63) is 29.8 Å². The number of hydrogen-bond acceptors (Lipinski definition) is 3. The highest BCUT2D eigenvalue weighted by Crippen LogP contribution is 2.35. The molecule has 0 bridgehead atoms. The van der Waals surface area contributed by atoms with Crippen LogP contribution in [0.2, 0.25) is 0 Å². The molecule has 2 nitrogen and oxygen atoms in total. The number of fused-ring (bicyclic) bond motifs is 1. The summed E-state index contributed by atoms with van der Waals surface area (Å²) in [6.45, 7) is 4.98. The van der Waals surface area contributed by atoms with Gasteiger partial charge in [-0.15, -0.1) is 11.8 Å². The summed E-state index contributed by atoms with van der Waals surface area (Å²) in [7, 11) is 0. The Bertz CT molecular complexity index is 357. The van der Waals surface area contributed by atoms with Gasteiger partial charge in [-0.2, -0.15) is 0 Å². The smallest absolute Gasteiger partial charge is 0.0340 e. The standard InChI is InChI=1S/C13H20N2S/c1-13(2,14)9-15-11-7-8-16-12-6-4-3-5-10(11)12/h3-6,11,15H,7-9,14H2,1-2H3. The minimum Gasteiger partial charge on any atom is -0.324 e. The van der Waals surface area contributed by atoms with Gasteiger partial charge in [0.25, 0.3) is 0 Å². The first-order chi connectivity index (χ1) is 7.56. The van der Waals surface area contributed by atoms with Gasteiger partial charge in [-0.1, -0.05) is 18.2 Å². The van der Waals surface area contributed by atoms with Crippen LogP contribution in [-0.4, -0.2) is 17.8 Å². The molecule has 0 amide bonds. The first-order valence-electron chi connectivity index (χ1n) is 5.80. The Balaban J connectivity index is 2.07. The predicted octanol–water partition coefficient (Wildman–Crippen LogP) is 2.55. The SMILES string of the molecule is CC(C)(N)CNC1CCSc2ccccc21. The van der Waals surface area contributed by atoms with Crippen LogP contribution in [0.3, 0.4) is 0 Å². The van der Waals surface area contributed by atoms with E-state index in [9.17, 15) is 0 Å². The van der Waals surface area contributed by atoms with Gasteiger partial charge in [-0.25, -0.2) is 0 Å². The van der Waals surface area contributed by atoms with Crippen LogP contribution in [-0.2, 0) is 0 Å². The molecular weight excluding hydrogens is 216 g/mol. The topological polar surface area (TPSA) is 38.0 Å². The van der Waals surface area contributed by atoms with Crippen molar-refractivity contribution in [1.82, 2.24) is 5.32 Å². The van der Waals surface area contributed by atoms with Crippen LogP contribution >= 0.6 is 11.8 Å². The van der Waals surface area contributed by atoms with E-state index in [1.807, 2.05) is 11.8 Å². The van der Waals surface area contributed by atoms with Crippen molar-refractivity contribution in [2.75, 3.05) is 12.3 Å². The number of thioether (sulfide) groups is 1. The summed E-state index contributed by atoms with van der Waals surface area (Å²) in [5.74, 6) is 1.19. The molecule has 0 spiro atoms. The maximum absolute atomic E-state index is 6.00. The number of benzene rings is 1. The zero-order valence-electron chi connectivity index (χ0n) is 9.99. The van der Waals surface area contributed by atoms with E-state index in [2.05, 4.69) is 43.4 Å². The van der Waals surface area contributed by atoms with E-state index in [4.69, 9.17) is 5.73 Å². The zero-order valence-corrected chi connectivity index (χ0v) is 10.8. The lowest BCUT2D eigenvalue weighted by Gasteiger charge is -2.29. The van der Waals surface area contributed by atoms with E-state index < -0.39 is 0 Å². The van der Waals surface area contributed by atoms with Gasteiger partial charge < -0.3 is 11.1 Å². The fourth-order valence-electron chi connectivity index (χ4n) is 1.94. The third-order valence-electron chi connectivity index (χ3n) is 2.76. The quantitative estimate of drug-likeness (QED) is 0.847. The van der Waals surface area contributed by atoms with Gasteiger partial charge >= 0.3 is 0 Å². The van der Waals surface area contributed by atoms with Crippen molar-refractivity contribution in [3.63, 3.8) is 0 Å². The second kappa shape index (κ2) is 4.78. The Hall–Kier alpha value is -0.510. The predicted molar refractivity (Wildman–Crippen MR) is 70.8 cm³/mol. The average Bonchev–Trinajstić information content (AvgIpc) is 2.25. The molecule has 1 atom stereocenters. The lowest BCUT2D eigenvalue weighted by atomic mass is 10.0. The highest BCUT2D eigenvalue weighted by molar-refractivity contribution is 7.99. The Morgan fingerprint density at radius 3 is 2.94 bits per heavy atom. The first-order valence-corrected chi connectivity index (χ1v) is 6.79. The summed E-state index contributed by atoms with van der Waals surface area (Å²) in [5.41, 5.74) is 7.30. The van der Waals surface area contributed by atoms with Crippen LogP contribution < -0.4 is 11.1 Å². The summed E-state index contributed by atoms with van der Waals surface area (Å²) in [4.78, 5) is 1.42. The monoisotopic (exact) mass is 236 g/mol. The van der Waals surface area contributed by atoms with Crippen LogP contribution in [0.5, 0.6) is 0 Å². The Kier molecular flexibility index (Phi) is 3.57. The lowest BCUT2D eigenvalue weighted by Crippen LogP contribution is -2.44. The van der Waals surface area contributed by atoms with Crippen molar-refractivity contribution in [1.29, 1.82) is 0 Å². The molecule has 0 saturated heterocycles. The van der Waals surface area contributed by atoms with Crippen molar-refractivity contribution in [3.8, 4) is 0 Å². The van der Waals surface area contributed by atoms with Gasteiger partial charge in [-0.05, 0) is 37.7 Å². The molecular formula is C13H20N2S. The van der Waals surface area contributed by atoms with E-state index in [1.165, 1.54) is 22.6 Å². The molecule has 1 aromatic carbocycles. The molecule has 3 heteroatoms. The molecule has 0 aliphatic carbocycles. The maximum atomic E-state index is 6.00. The minimum absolute atomic E-state index is 0.139. The molecule has 1 aromatic rings. The number of nitrogens with two attached hydrogens (primary N) is 1. The molecule has 3 N–H and O–H groups in total. The molecule has 0 saturated carbocycles. The number of nitrogens with one attached hydrogen (secondary N) is 1. The van der Waals surface area contributed by atoms with Gasteiger partial charge in [0.15, 0.2) is 0 Å². The van der Waals surface area contributed by atoms with Crippen molar-refractivity contribution >= 4 is 11.8 Å². The maximum Gasteiger partial charge on any atom is 0.0340 e. The third kappa shape index (κ3) is 3.00. The molecule has 0 aromatic heterocycles. The summed E-state index contributed by atoms with van der Waals surface area (Å²) < 4.78 is 0. The fourth-order valence-corrected chi connectivity index (χ4v) is 3.07. The van der Waals surface area contributed by atoms with E-state index >= 15 is 0 Å². The first kappa shape index (κ1) is 12.0. The van der Waals surface area contributed by atoms with Crippen molar-refractivity contribution in [2.24, 2.45) is 5.73 Å². The van der Waals surface area contributed by atoms with Gasteiger partial charge in [0.05, 0.1) is 0 Å². The van der Waals surface area contributed by atoms with Gasteiger partial charge in [0, 0.05) is 23.0 Å². The second-order valence-corrected chi connectivity index (χ2v) is 6.23. The Labute approximate surface area is 102 Å². The Morgan fingerprint density at radius 1 is 1.44 bits per heavy atom. The summed E-state index contributed by atoms with van der Waals surface area (Å²) in [6, 6.07) is 9.14. The van der Waals surface area contributed by atoms with Crippen LogP contribution in [0.4, 0.5) is 0 Å². The largest absolute Gasteiger partial charge is 0.324 e. The molecule has 16 heavy (non-hydrogen) atoms. The van der Waals surface area contributed by atoms with E-state index in [0.29, 0.717) is 6.04 Å². The second-order valence-electron chi connectivity index (χ2n) is 5.10. The lowest BCUT2D eigenvalue weighted by molar-refractivity contribution is 0.413. The molecule has 2 rings (SSSR count). The molecule has 1 heterocycles. The highest BCUT2D eigenvalue weighted by Gasteiger charge is 2.21.